The summed E-state index contributed by atoms with van der Waals surface area (Å²) < 4.78 is 0. The number of H-pyrrole nitrogens is 1. The first-order valence-corrected chi connectivity index (χ1v) is 7.78. The second kappa shape index (κ2) is 6.43. The third-order valence-electron chi connectivity index (χ3n) is 3.53. The standard InChI is InChI=1S/C13H21N3O2S/c1-2-13(11(17)18,16-10-4-5-10)6-3-9-19-12-14-7-8-15-12/h7-8,10,16H,2-6,9H2,1H3,(H,14,15)(H,17,18). The molecule has 2 rings (SSSR count). The van der Waals surface area contributed by atoms with Crippen LogP contribution in [0.15, 0.2) is 17.6 Å². The van der Waals surface area contributed by atoms with Crippen LogP contribution in [-0.2, 0) is 4.79 Å². The molecule has 0 saturated heterocycles. The van der Waals surface area contributed by atoms with Crippen molar-refractivity contribution in [1.82, 2.24) is 15.3 Å². The molecular formula is C13H21N3O2S. The van der Waals surface area contributed by atoms with E-state index in [-0.39, 0.29) is 0 Å². The van der Waals surface area contributed by atoms with Gasteiger partial charge in [-0.05, 0) is 32.1 Å². The Hall–Kier alpha value is -1.01. The molecule has 1 aromatic heterocycles. The Bertz CT molecular complexity index is 406. The summed E-state index contributed by atoms with van der Waals surface area (Å²) in [6, 6.07) is 0.411. The van der Waals surface area contributed by atoms with Crippen molar-refractivity contribution >= 4 is 17.7 Å². The molecule has 1 heterocycles. The molecule has 5 nitrogen and oxygen atoms in total. The second-order valence-electron chi connectivity index (χ2n) is 5.01. The van der Waals surface area contributed by atoms with Gasteiger partial charge in [0.15, 0.2) is 5.16 Å². The number of imidazole rings is 1. The minimum absolute atomic E-state index is 0.411. The van der Waals surface area contributed by atoms with Crippen LogP contribution in [0.1, 0.15) is 39.0 Å². The Balaban J connectivity index is 1.80. The maximum absolute atomic E-state index is 11.6. The van der Waals surface area contributed by atoms with Gasteiger partial charge in [-0.2, -0.15) is 0 Å². The van der Waals surface area contributed by atoms with Crippen molar-refractivity contribution in [1.29, 1.82) is 0 Å². The maximum Gasteiger partial charge on any atom is 0.323 e. The highest BCUT2D eigenvalue weighted by Crippen LogP contribution is 2.28. The van der Waals surface area contributed by atoms with Gasteiger partial charge in [0.25, 0.3) is 0 Å². The predicted octanol–water partition coefficient (Wildman–Crippen LogP) is 2.27. The number of aromatic amines is 1. The Morgan fingerprint density at radius 1 is 1.68 bits per heavy atom. The van der Waals surface area contributed by atoms with E-state index in [1.54, 1.807) is 24.2 Å². The van der Waals surface area contributed by atoms with Crippen molar-refractivity contribution in [2.45, 2.75) is 55.8 Å². The van der Waals surface area contributed by atoms with E-state index in [9.17, 15) is 9.90 Å². The second-order valence-corrected chi connectivity index (χ2v) is 6.09. The van der Waals surface area contributed by atoms with Crippen LogP contribution in [0.25, 0.3) is 0 Å². The third-order valence-corrected chi connectivity index (χ3v) is 4.52. The number of carboxylic acids is 1. The van der Waals surface area contributed by atoms with Crippen molar-refractivity contribution in [3.63, 3.8) is 0 Å². The topological polar surface area (TPSA) is 78.0 Å². The minimum atomic E-state index is -0.745. The molecular weight excluding hydrogens is 262 g/mol. The van der Waals surface area contributed by atoms with Crippen LogP contribution < -0.4 is 5.32 Å². The van der Waals surface area contributed by atoms with Gasteiger partial charge >= 0.3 is 5.97 Å². The molecule has 106 valence electrons. The summed E-state index contributed by atoms with van der Waals surface area (Å²) in [6.07, 6.45) is 7.90. The van der Waals surface area contributed by atoms with E-state index in [0.717, 1.165) is 30.2 Å². The summed E-state index contributed by atoms with van der Waals surface area (Å²) >= 11 is 1.64. The molecule has 1 aliphatic rings. The van der Waals surface area contributed by atoms with Gasteiger partial charge in [-0.15, -0.1) is 0 Å². The lowest BCUT2D eigenvalue weighted by Gasteiger charge is -2.29. The molecule has 3 N–H and O–H groups in total. The lowest BCUT2D eigenvalue weighted by molar-refractivity contribution is -0.145. The number of hydrogen-bond donors (Lipinski definition) is 3. The van der Waals surface area contributed by atoms with Crippen molar-refractivity contribution in [2.75, 3.05) is 5.75 Å². The van der Waals surface area contributed by atoms with Crippen LogP contribution in [0, 0.1) is 0 Å². The first-order chi connectivity index (χ1) is 9.16. The summed E-state index contributed by atoms with van der Waals surface area (Å²) in [5, 5.41) is 13.7. The number of aliphatic carboxylic acids is 1. The third kappa shape index (κ3) is 3.98. The average Bonchev–Trinajstić information content (AvgIpc) is 3.05. The Labute approximate surface area is 117 Å². The molecule has 0 amide bonds. The normalized spacial score (nSPS) is 18.2. The summed E-state index contributed by atoms with van der Waals surface area (Å²) in [5.74, 6) is 0.166. The number of hydrogen-bond acceptors (Lipinski definition) is 4. The van der Waals surface area contributed by atoms with Crippen LogP contribution in [0.2, 0.25) is 0 Å². The maximum atomic E-state index is 11.6. The summed E-state index contributed by atoms with van der Waals surface area (Å²) in [6.45, 7) is 1.95. The number of carbonyl (C=O) groups is 1. The number of rotatable bonds is 9. The molecule has 1 aliphatic carbocycles. The summed E-state index contributed by atoms with van der Waals surface area (Å²) in [5.41, 5.74) is -0.745. The fraction of sp³-hybridized carbons (Fsp3) is 0.692. The van der Waals surface area contributed by atoms with Crippen molar-refractivity contribution in [2.24, 2.45) is 0 Å². The minimum Gasteiger partial charge on any atom is -0.480 e. The van der Waals surface area contributed by atoms with E-state index in [1.807, 2.05) is 6.92 Å². The Morgan fingerprint density at radius 3 is 3.00 bits per heavy atom. The largest absolute Gasteiger partial charge is 0.480 e. The number of aromatic nitrogens is 2. The predicted molar refractivity (Wildman–Crippen MR) is 75.4 cm³/mol. The highest BCUT2D eigenvalue weighted by Gasteiger charge is 2.40. The number of carboxylic acid groups (broad SMARTS) is 1. The van der Waals surface area contributed by atoms with Crippen molar-refractivity contribution in [3.05, 3.63) is 12.4 Å². The number of nitrogens with zero attached hydrogens (tertiary/aromatic N) is 1. The molecule has 6 heteroatoms. The van der Waals surface area contributed by atoms with Gasteiger partial charge in [0.05, 0.1) is 0 Å². The molecule has 1 unspecified atom stereocenters. The van der Waals surface area contributed by atoms with Gasteiger partial charge in [-0.1, -0.05) is 18.7 Å². The molecule has 0 spiro atoms. The van der Waals surface area contributed by atoms with E-state index >= 15 is 0 Å². The molecule has 0 bridgehead atoms. The first kappa shape index (κ1) is 14.4. The highest BCUT2D eigenvalue weighted by molar-refractivity contribution is 7.99. The van der Waals surface area contributed by atoms with Gasteiger partial charge < -0.3 is 10.1 Å². The van der Waals surface area contributed by atoms with Crippen LogP contribution in [0.3, 0.4) is 0 Å². The highest BCUT2D eigenvalue weighted by atomic mass is 32.2. The first-order valence-electron chi connectivity index (χ1n) is 6.79. The molecule has 0 radical (unpaired) electrons. The van der Waals surface area contributed by atoms with Gasteiger partial charge in [-0.25, -0.2) is 4.98 Å². The average molecular weight is 283 g/mol. The lowest BCUT2D eigenvalue weighted by atomic mass is 9.90. The summed E-state index contributed by atoms with van der Waals surface area (Å²) in [4.78, 5) is 18.7. The van der Waals surface area contributed by atoms with E-state index in [0.29, 0.717) is 18.9 Å². The number of thioether (sulfide) groups is 1. The molecule has 19 heavy (non-hydrogen) atoms. The molecule has 1 saturated carbocycles. The quantitative estimate of drug-likeness (QED) is 0.478. The van der Waals surface area contributed by atoms with E-state index in [1.165, 1.54) is 0 Å². The van der Waals surface area contributed by atoms with Crippen LogP contribution in [-0.4, -0.2) is 38.4 Å². The lowest BCUT2D eigenvalue weighted by Crippen LogP contribution is -2.52. The monoisotopic (exact) mass is 283 g/mol. The van der Waals surface area contributed by atoms with E-state index < -0.39 is 11.5 Å². The van der Waals surface area contributed by atoms with E-state index in [4.69, 9.17) is 0 Å². The fourth-order valence-electron chi connectivity index (χ4n) is 2.16. The van der Waals surface area contributed by atoms with Crippen molar-refractivity contribution in [3.8, 4) is 0 Å². The molecule has 1 fully saturated rings. The molecule has 1 aromatic rings. The zero-order chi connectivity index (χ0) is 13.7. The zero-order valence-electron chi connectivity index (χ0n) is 11.2. The number of nitrogens with one attached hydrogen (secondary N) is 2. The Kier molecular flexibility index (Phi) is 4.87. The van der Waals surface area contributed by atoms with Gasteiger partial charge in [-0.3, -0.25) is 10.1 Å². The molecule has 0 aromatic carbocycles. The van der Waals surface area contributed by atoms with E-state index in [2.05, 4.69) is 15.3 Å². The smallest absolute Gasteiger partial charge is 0.323 e. The zero-order valence-corrected chi connectivity index (χ0v) is 12.0. The Morgan fingerprint density at radius 2 is 2.47 bits per heavy atom. The van der Waals surface area contributed by atoms with Crippen LogP contribution >= 0.6 is 11.8 Å². The van der Waals surface area contributed by atoms with Gasteiger partial charge in [0, 0.05) is 24.2 Å². The molecule has 1 atom stereocenters. The van der Waals surface area contributed by atoms with Crippen LogP contribution in [0.5, 0.6) is 0 Å². The summed E-state index contributed by atoms with van der Waals surface area (Å²) in [7, 11) is 0. The van der Waals surface area contributed by atoms with Gasteiger partial charge in [0.2, 0.25) is 0 Å². The fourth-order valence-corrected chi connectivity index (χ4v) is 2.93. The SMILES string of the molecule is CCC(CCCSc1ncc[nH]1)(NC1CC1)C(=O)O. The van der Waals surface area contributed by atoms with Gasteiger partial charge in [0.1, 0.15) is 5.54 Å². The van der Waals surface area contributed by atoms with Crippen molar-refractivity contribution < 1.29 is 9.90 Å². The molecule has 0 aliphatic heterocycles. The van der Waals surface area contributed by atoms with Crippen LogP contribution in [0.4, 0.5) is 0 Å².